The number of sulfonamides is 1. The zero-order valence-corrected chi connectivity index (χ0v) is 17.9. The van der Waals surface area contributed by atoms with Gasteiger partial charge in [-0.25, -0.2) is 12.8 Å². The van der Waals surface area contributed by atoms with E-state index in [1.807, 2.05) is 20.8 Å². The van der Waals surface area contributed by atoms with Gasteiger partial charge in [0.1, 0.15) is 11.6 Å². The summed E-state index contributed by atoms with van der Waals surface area (Å²) in [5, 5.41) is 2.89. The number of benzene rings is 2. The van der Waals surface area contributed by atoms with Crippen molar-refractivity contribution in [1.29, 1.82) is 0 Å². The number of carbonyl (C=O) groups is 1. The average Bonchev–Trinajstić information content (AvgIpc) is 2.67. The third kappa shape index (κ3) is 6.19. The van der Waals surface area contributed by atoms with Crippen molar-refractivity contribution in [2.75, 3.05) is 17.2 Å². The van der Waals surface area contributed by atoms with Crippen molar-refractivity contribution >= 4 is 21.6 Å². The van der Waals surface area contributed by atoms with Crippen molar-refractivity contribution < 1.29 is 22.3 Å². The van der Waals surface area contributed by atoms with Crippen molar-refractivity contribution in [1.82, 2.24) is 5.32 Å². The van der Waals surface area contributed by atoms with E-state index in [9.17, 15) is 17.6 Å². The number of amides is 1. The Morgan fingerprint density at radius 2 is 1.83 bits per heavy atom. The number of nitrogens with one attached hydrogen (secondary N) is 1. The van der Waals surface area contributed by atoms with Crippen molar-refractivity contribution in [3.63, 3.8) is 0 Å². The molecule has 0 aliphatic carbocycles. The highest BCUT2D eigenvalue weighted by Gasteiger charge is 2.21. The first-order valence-electron chi connectivity index (χ1n) is 9.45. The van der Waals surface area contributed by atoms with Crippen LogP contribution in [0, 0.1) is 5.82 Å². The Hall–Kier alpha value is -2.61. The number of ether oxygens (including phenoxy) is 1. The molecule has 0 saturated heterocycles. The summed E-state index contributed by atoms with van der Waals surface area (Å²) in [6.45, 7) is 6.04. The van der Waals surface area contributed by atoms with Crippen LogP contribution in [-0.4, -0.2) is 33.2 Å². The Morgan fingerprint density at radius 3 is 2.38 bits per heavy atom. The summed E-state index contributed by atoms with van der Waals surface area (Å²) in [6, 6.07) is 10.2. The van der Waals surface area contributed by atoms with Crippen molar-refractivity contribution in [3.05, 3.63) is 59.4 Å². The van der Waals surface area contributed by atoms with E-state index >= 15 is 0 Å². The highest BCUT2D eigenvalue weighted by atomic mass is 32.2. The van der Waals surface area contributed by atoms with Gasteiger partial charge in [0.15, 0.2) is 0 Å². The first-order chi connectivity index (χ1) is 13.7. The molecule has 8 heteroatoms. The fourth-order valence-corrected chi connectivity index (χ4v) is 3.59. The van der Waals surface area contributed by atoms with Crippen molar-refractivity contribution in [2.45, 2.75) is 39.8 Å². The number of hydrogen-bond acceptors (Lipinski definition) is 4. The molecule has 1 amide bonds. The molecule has 1 unspecified atom stereocenters. The lowest BCUT2D eigenvalue weighted by Gasteiger charge is -2.24. The normalized spacial score (nSPS) is 12.3. The molecular weight excluding hydrogens is 395 g/mol. The van der Waals surface area contributed by atoms with Crippen molar-refractivity contribution in [3.8, 4) is 5.75 Å². The molecule has 29 heavy (non-hydrogen) atoms. The first kappa shape index (κ1) is 22.7. The third-order valence-electron chi connectivity index (χ3n) is 4.44. The molecule has 0 spiro atoms. The van der Waals surface area contributed by atoms with Crippen LogP contribution < -0.4 is 14.4 Å². The Kier molecular flexibility index (Phi) is 7.61. The van der Waals surface area contributed by atoms with Gasteiger partial charge in [-0.2, -0.15) is 0 Å². The summed E-state index contributed by atoms with van der Waals surface area (Å²) < 4.78 is 44.9. The van der Waals surface area contributed by atoms with Gasteiger partial charge in [-0.15, -0.1) is 0 Å². The topological polar surface area (TPSA) is 75.7 Å². The van der Waals surface area contributed by atoms with Gasteiger partial charge >= 0.3 is 0 Å². The number of rotatable bonds is 9. The molecule has 0 heterocycles. The van der Waals surface area contributed by atoms with E-state index in [2.05, 4.69) is 5.32 Å². The fraction of sp³-hybridized carbons (Fsp3) is 0.381. The van der Waals surface area contributed by atoms with Crippen LogP contribution in [-0.2, 0) is 16.6 Å². The Labute approximate surface area is 171 Å². The van der Waals surface area contributed by atoms with Crippen LogP contribution in [0.5, 0.6) is 5.75 Å². The van der Waals surface area contributed by atoms with Gasteiger partial charge in [-0.05, 0) is 62.7 Å². The number of hydrogen-bond donors (Lipinski definition) is 1. The lowest BCUT2D eigenvalue weighted by atomic mass is 10.1. The van der Waals surface area contributed by atoms with Crippen LogP contribution in [0.25, 0.3) is 0 Å². The van der Waals surface area contributed by atoms with Crippen LogP contribution in [0.3, 0.4) is 0 Å². The van der Waals surface area contributed by atoms with E-state index in [-0.39, 0.29) is 18.5 Å². The molecule has 0 bridgehead atoms. The molecule has 0 aliphatic heterocycles. The molecule has 1 atom stereocenters. The summed E-state index contributed by atoms with van der Waals surface area (Å²) in [7, 11) is -3.66. The second kappa shape index (κ2) is 9.73. The maximum Gasteiger partial charge on any atom is 0.251 e. The number of nitrogens with zero attached hydrogens (tertiary/aromatic N) is 1. The number of carbonyl (C=O) groups excluding carboxylic acids is 1. The van der Waals surface area contributed by atoms with Crippen LogP contribution in [0.1, 0.15) is 43.1 Å². The first-order valence-corrected chi connectivity index (χ1v) is 11.3. The second-order valence-corrected chi connectivity index (χ2v) is 8.69. The lowest BCUT2D eigenvalue weighted by molar-refractivity contribution is 0.0939. The minimum absolute atomic E-state index is 0.0178. The summed E-state index contributed by atoms with van der Waals surface area (Å²) in [5.41, 5.74) is 1.28. The Bertz CT molecular complexity index is 946. The maximum absolute atomic E-state index is 13.3. The molecule has 1 N–H and O–H groups in total. The molecule has 0 radical (unpaired) electrons. The van der Waals surface area contributed by atoms with E-state index in [0.29, 0.717) is 29.2 Å². The number of halogens is 1. The average molecular weight is 423 g/mol. The molecule has 2 rings (SSSR count). The summed E-state index contributed by atoms with van der Waals surface area (Å²) in [6.07, 6.45) is 1.87. The highest BCUT2D eigenvalue weighted by Crippen LogP contribution is 2.27. The largest absolute Gasteiger partial charge is 0.494 e. The van der Waals surface area contributed by atoms with Gasteiger partial charge in [-0.1, -0.05) is 6.92 Å². The zero-order chi connectivity index (χ0) is 21.6. The molecule has 158 valence electrons. The molecule has 0 fully saturated rings. The van der Waals surface area contributed by atoms with E-state index in [1.54, 1.807) is 18.2 Å². The van der Waals surface area contributed by atoms with Gasteiger partial charge in [0.05, 0.1) is 25.1 Å². The van der Waals surface area contributed by atoms with E-state index < -0.39 is 15.8 Å². The molecule has 2 aromatic rings. The zero-order valence-electron chi connectivity index (χ0n) is 17.1. The van der Waals surface area contributed by atoms with Crippen LogP contribution in [0.2, 0.25) is 0 Å². The lowest BCUT2D eigenvalue weighted by Crippen LogP contribution is -2.32. The van der Waals surface area contributed by atoms with Crippen LogP contribution in [0.4, 0.5) is 10.1 Å². The molecule has 2 aromatic carbocycles. The molecule has 6 nitrogen and oxygen atoms in total. The SMILES string of the molecule is CCOc1ccc(C(=O)NC(C)CC)cc1CN(c1ccc(F)cc1)S(C)(=O)=O. The maximum atomic E-state index is 13.3. The molecular formula is C21H27FN2O4S. The second-order valence-electron chi connectivity index (χ2n) is 6.78. The summed E-state index contributed by atoms with van der Waals surface area (Å²) in [4.78, 5) is 12.5. The standard InChI is InChI=1S/C21H27FN2O4S/c1-5-15(3)23-21(25)16-7-12-20(28-6-2)17(13-16)14-24(29(4,26)27)19-10-8-18(22)9-11-19/h7-13,15H,5-6,14H2,1-4H3,(H,23,25). The highest BCUT2D eigenvalue weighted by molar-refractivity contribution is 7.92. The summed E-state index contributed by atoms with van der Waals surface area (Å²) >= 11 is 0. The smallest absolute Gasteiger partial charge is 0.251 e. The monoisotopic (exact) mass is 422 g/mol. The van der Waals surface area contributed by atoms with Gasteiger partial charge in [0.25, 0.3) is 5.91 Å². The minimum atomic E-state index is -3.66. The quantitative estimate of drug-likeness (QED) is 0.668. The van der Waals surface area contributed by atoms with Crippen LogP contribution >= 0.6 is 0 Å². The Morgan fingerprint density at radius 1 is 1.17 bits per heavy atom. The van der Waals surface area contributed by atoms with Crippen molar-refractivity contribution in [2.24, 2.45) is 0 Å². The van der Waals surface area contributed by atoms with Gasteiger partial charge in [0, 0.05) is 17.2 Å². The van der Waals surface area contributed by atoms with E-state index in [1.165, 1.54) is 24.3 Å². The fourth-order valence-electron chi connectivity index (χ4n) is 2.71. The third-order valence-corrected chi connectivity index (χ3v) is 5.58. The molecule has 0 aromatic heterocycles. The Balaban J connectivity index is 2.44. The molecule has 0 saturated carbocycles. The van der Waals surface area contributed by atoms with Gasteiger partial charge < -0.3 is 10.1 Å². The van der Waals surface area contributed by atoms with Gasteiger partial charge in [0.2, 0.25) is 10.0 Å². The number of anilines is 1. The summed E-state index contributed by atoms with van der Waals surface area (Å²) in [5.74, 6) is -0.208. The molecule has 0 aliphatic rings. The minimum Gasteiger partial charge on any atom is -0.494 e. The van der Waals surface area contributed by atoms with Crippen LogP contribution in [0.15, 0.2) is 42.5 Å². The predicted molar refractivity (Wildman–Crippen MR) is 112 cm³/mol. The van der Waals surface area contributed by atoms with E-state index in [0.717, 1.165) is 17.0 Å². The van der Waals surface area contributed by atoms with Gasteiger partial charge in [-0.3, -0.25) is 9.10 Å². The van der Waals surface area contributed by atoms with E-state index in [4.69, 9.17) is 4.74 Å². The predicted octanol–water partition coefficient (Wildman–Crippen LogP) is 3.72.